The molecule has 0 aliphatic heterocycles. The number of benzene rings is 2. The Hall–Kier alpha value is -4.07. The van der Waals surface area contributed by atoms with Crippen LogP contribution in [-0.4, -0.2) is 40.3 Å². The third-order valence-corrected chi connectivity index (χ3v) is 4.77. The zero-order chi connectivity index (χ0) is 21.8. The van der Waals surface area contributed by atoms with Gasteiger partial charge >= 0.3 is 5.97 Å². The van der Waals surface area contributed by atoms with E-state index in [0.717, 1.165) is 5.56 Å². The van der Waals surface area contributed by atoms with Crippen molar-refractivity contribution in [2.45, 2.75) is 6.54 Å². The number of pyridine rings is 1. The second-order valence-electron chi connectivity index (χ2n) is 6.85. The van der Waals surface area contributed by atoms with Crippen LogP contribution >= 0.6 is 0 Å². The first-order valence-corrected chi connectivity index (χ1v) is 9.56. The molecule has 2 aromatic heterocycles. The van der Waals surface area contributed by atoms with E-state index in [9.17, 15) is 14.0 Å². The summed E-state index contributed by atoms with van der Waals surface area (Å²) in [7, 11) is 1.25. The van der Waals surface area contributed by atoms with Gasteiger partial charge in [-0.25, -0.2) is 14.1 Å². The predicted octanol–water partition coefficient (Wildman–Crippen LogP) is 3.19. The lowest BCUT2D eigenvalue weighted by Gasteiger charge is -2.10. The first-order chi connectivity index (χ1) is 15.0. The second kappa shape index (κ2) is 8.74. The minimum Gasteiger partial charge on any atom is -0.468 e. The van der Waals surface area contributed by atoms with E-state index in [0.29, 0.717) is 27.9 Å². The number of halogens is 1. The Balaban J connectivity index is 1.79. The molecule has 0 bridgehead atoms. The molecule has 2 heterocycles. The third kappa shape index (κ3) is 4.42. The molecule has 2 aromatic carbocycles. The van der Waals surface area contributed by atoms with Gasteiger partial charge in [-0.3, -0.25) is 9.59 Å². The molecule has 1 N–H and O–H groups in total. The SMILES string of the molecule is COC(=O)CNC(=O)c1cc(-c2ccccc2)nc2c1cnn2Cc1cccc(F)c1. The zero-order valence-corrected chi connectivity index (χ0v) is 16.7. The molecule has 4 rings (SSSR count). The van der Waals surface area contributed by atoms with Crippen molar-refractivity contribution < 1.29 is 18.7 Å². The van der Waals surface area contributed by atoms with E-state index in [1.54, 1.807) is 29.1 Å². The molecule has 0 atom stereocenters. The minimum atomic E-state index is -0.552. The Morgan fingerprint density at radius 3 is 2.65 bits per heavy atom. The fraction of sp³-hybridized carbons (Fsp3) is 0.130. The zero-order valence-electron chi connectivity index (χ0n) is 16.7. The van der Waals surface area contributed by atoms with Gasteiger partial charge in [0.15, 0.2) is 5.65 Å². The van der Waals surface area contributed by atoms with Crippen molar-refractivity contribution in [1.29, 1.82) is 0 Å². The molecule has 0 aliphatic rings. The summed E-state index contributed by atoms with van der Waals surface area (Å²) < 4.78 is 19.8. The number of fused-ring (bicyclic) bond motifs is 1. The average Bonchev–Trinajstić information content (AvgIpc) is 3.19. The number of hydrogen-bond donors (Lipinski definition) is 1. The third-order valence-electron chi connectivity index (χ3n) is 4.77. The smallest absolute Gasteiger partial charge is 0.325 e. The van der Waals surface area contributed by atoms with E-state index in [1.807, 2.05) is 30.3 Å². The van der Waals surface area contributed by atoms with E-state index in [4.69, 9.17) is 4.98 Å². The highest BCUT2D eigenvalue weighted by Crippen LogP contribution is 2.25. The number of nitrogens with zero attached hydrogens (tertiary/aromatic N) is 3. The summed E-state index contributed by atoms with van der Waals surface area (Å²) in [6, 6.07) is 17.3. The van der Waals surface area contributed by atoms with E-state index in [-0.39, 0.29) is 18.9 Å². The van der Waals surface area contributed by atoms with Gasteiger partial charge in [0.1, 0.15) is 12.4 Å². The molecule has 0 saturated carbocycles. The number of aromatic nitrogens is 3. The molecule has 7 nitrogen and oxygen atoms in total. The van der Waals surface area contributed by atoms with E-state index >= 15 is 0 Å². The van der Waals surface area contributed by atoms with Crippen molar-refractivity contribution in [2.75, 3.05) is 13.7 Å². The molecule has 1 amide bonds. The Bertz CT molecular complexity index is 1250. The second-order valence-corrected chi connectivity index (χ2v) is 6.85. The summed E-state index contributed by atoms with van der Waals surface area (Å²) >= 11 is 0. The summed E-state index contributed by atoms with van der Waals surface area (Å²) in [5.74, 6) is -1.33. The fourth-order valence-corrected chi connectivity index (χ4v) is 3.24. The van der Waals surface area contributed by atoms with Gasteiger partial charge in [-0.05, 0) is 23.8 Å². The summed E-state index contributed by atoms with van der Waals surface area (Å²) in [6.45, 7) is 0.0347. The standard InChI is InChI=1S/C23H19FN4O3/c1-31-21(29)13-25-23(30)18-11-20(16-7-3-2-4-8-16)27-22-19(18)12-26-28(22)14-15-6-5-9-17(24)10-15/h2-12H,13-14H2,1H3,(H,25,30). The maximum Gasteiger partial charge on any atom is 0.325 e. The first-order valence-electron chi connectivity index (χ1n) is 9.56. The van der Waals surface area contributed by atoms with Crippen molar-refractivity contribution in [3.05, 3.63) is 83.8 Å². The van der Waals surface area contributed by atoms with E-state index in [1.165, 1.54) is 19.2 Å². The molecule has 156 valence electrons. The minimum absolute atomic E-state index is 0.253. The molecule has 4 aromatic rings. The number of carbonyl (C=O) groups is 2. The van der Waals surface area contributed by atoms with Crippen LogP contribution in [0.2, 0.25) is 0 Å². The van der Waals surface area contributed by atoms with Crippen LogP contribution in [0, 0.1) is 5.82 Å². The maximum atomic E-state index is 13.6. The van der Waals surface area contributed by atoms with E-state index in [2.05, 4.69) is 15.2 Å². The summed E-state index contributed by atoms with van der Waals surface area (Å²) in [6.07, 6.45) is 1.55. The molecule has 0 aliphatic carbocycles. The highest BCUT2D eigenvalue weighted by atomic mass is 19.1. The summed E-state index contributed by atoms with van der Waals surface area (Å²) in [4.78, 5) is 29.0. The average molecular weight is 418 g/mol. The lowest BCUT2D eigenvalue weighted by Crippen LogP contribution is -2.30. The lowest BCUT2D eigenvalue weighted by molar-refractivity contribution is -0.139. The lowest BCUT2D eigenvalue weighted by atomic mass is 10.1. The molecular formula is C23H19FN4O3. The first kappa shape index (κ1) is 20.2. The predicted molar refractivity (Wildman–Crippen MR) is 113 cm³/mol. The number of nitrogens with one attached hydrogen (secondary N) is 1. The number of methoxy groups -OCH3 is 1. The monoisotopic (exact) mass is 418 g/mol. The van der Waals surface area contributed by atoms with Crippen LogP contribution in [0.4, 0.5) is 4.39 Å². The number of carbonyl (C=O) groups excluding carboxylic acids is 2. The molecule has 0 radical (unpaired) electrons. The van der Waals surface area contributed by atoms with Gasteiger partial charge in [0.2, 0.25) is 0 Å². The number of rotatable bonds is 6. The molecular weight excluding hydrogens is 399 g/mol. The van der Waals surface area contributed by atoms with Crippen LogP contribution in [0.3, 0.4) is 0 Å². The maximum absolute atomic E-state index is 13.6. The van der Waals surface area contributed by atoms with Gasteiger partial charge in [-0.2, -0.15) is 5.10 Å². The Morgan fingerprint density at radius 2 is 1.90 bits per heavy atom. The Kier molecular flexibility index (Phi) is 5.70. The molecule has 0 unspecified atom stereocenters. The van der Waals surface area contributed by atoms with Crippen molar-refractivity contribution in [1.82, 2.24) is 20.1 Å². The van der Waals surface area contributed by atoms with Crippen LogP contribution in [0.5, 0.6) is 0 Å². The van der Waals surface area contributed by atoms with Gasteiger partial charge in [0.05, 0.1) is 36.5 Å². The number of ether oxygens (including phenoxy) is 1. The van der Waals surface area contributed by atoms with E-state index < -0.39 is 11.9 Å². The highest BCUT2D eigenvalue weighted by molar-refractivity contribution is 6.07. The molecule has 8 heteroatoms. The molecule has 31 heavy (non-hydrogen) atoms. The van der Waals surface area contributed by atoms with Crippen LogP contribution in [0.25, 0.3) is 22.3 Å². The molecule has 0 fully saturated rings. The van der Waals surface area contributed by atoms with Crippen LogP contribution in [0.15, 0.2) is 66.9 Å². The van der Waals surface area contributed by atoms with Gasteiger partial charge in [-0.1, -0.05) is 42.5 Å². The summed E-state index contributed by atoms with van der Waals surface area (Å²) in [5.41, 5.74) is 2.93. The van der Waals surface area contributed by atoms with Crippen molar-refractivity contribution in [3.63, 3.8) is 0 Å². The number of esters is 1. The number of hydrogen-bond acceptors (Lipinski definition) is 5. The van der Waals surface area contributed by atoms with Gasteiger partial charge in [0.25, 0.3) is 5.91 Å². The highest BCUT2D eigenvalue weighted by Gasteiger charge is 2.18. The molecule has 0 saturated heterocycles. The quantitative estimate of drug-likeness (QED) is 0.486. The topological polar surface area (TPSA) is 86.1 Å². The fourth-order valence-electron chi connectivity index (χ4n) is 3.24. The van der Waals surface area contributed by atoms with Crippen LogP contribution in [0.1, 0.15) is 15.9 Å². The van der Waals surface area contributed by atoms with Crippen LogP contribution < -0.4 is 5.32 Å². The van der Waals surface area contributed by atoms with Gasteiger partial charge in [-0.15, -0.1) is 0 Å². The number of amides is 1. The largest absolute Gasteiger partial charge is 0.468 e. The van der Waals surface area contributed by atoms with Gasteiger partial charge < -0.3 is 10.1 Å². The Morgan fingerprint density at radius 1 is 1.10 bits per heavy atom. The van der Waals surface area contributed by atoms with Gasteiger partial charge in [0, 0.05) is 5.56 Å². The normalized spacial score (nSPS) is 10.8. The molecule has 0 spiro atoms. The van der Waals surface area contributed by atoms with Crippen molar-refractivity contribution in [3.8, 4) is 11.3 Å². The summed E-state index contributed by atoms with van der Waals surface area (Å²) in [5, 5.41) is 7.45. The van der Waals surface area contributed by atoms with Crippen molar-refractivity contribution >= 4 is 22.9 Å². The van der Waals surface area contributed by atoms with Crippen molar-refractivity contribution in [2.24, 2.45) is 0 Å². The Labute approximate surface area is 177 Å². The van der Waals surface area contributed by atoms with Crippen LogP contribution in [-0.2, 0) is 16.1 Å².